The van der Waals surface area contributed by atoms with E-state index in [9.17, 15) is 13.9 Å². The van der Waals surface area contributed by atoms with Crippen molar-refractivity contribution in [1.29, 1.82) is 0 Å². The minimum Gasteiger partial charge on any atom is -0.394 e. The van der Waals surface area contributed by atoms with Crippen molar-refractivity contribution in [2.45, 2.75) is 19.0 Å². The SMILES string of the molecule is CC(CO)(NCc1ccccc1)c1cc(F)cc(F)c1. The average Bonchev–Trinajstić information content (AvgIpc) is 2.45. The number of rotatable bonds is 5. The Morgan fingerprint density at radius 1 is 1.05 bits per heavy atom. The molecule has 0 aliphatic heterocycles. The van der Waals surface area contributed by atoms with E-state index in [1.807, 2.05) is 30.3 Å². The molecule has 4 heteroatoms. The molecule has 2 aromatic rings. The first kappa shape index (κ1) is 14.6. The lowest BCUT2D eigenvalue weighted by molar-refractivity contribution is 0.173. The van der Waals surface area contributed by atoms with Gasteiger partial charge in [0, 0.05) is 12.6 Å². The molecule has 1 atom stereocenters. The van der Waals surface area contributed by atoms with Gasteiger partial charge in [-0.15, -0.1) is 0 Å². The van der Waals surface area contributed by atoms with E-state index < -0.39 is 17.2 Å². The van der Waals surface area contributed by atoms with Gasteiger partial charge in [-0.05, 0) is 30.2 Å². The molecule has 0 saturated heterocycles. The summed E-state index contributed by atoms with van der Waals surface area (Å²) in [6.07, 6.45) is 0. The molecule has 0 aliphatic rings. The minimum atomic E-state index is -0.904. The second-order valence-electron chi connectivity index (χ2n) is 4.99. The van der Waals surface area contributed by atoms with Gasteiger partial charge in [0.1, 0.15) is 11.6 Å². The molecular weight excluding hydrogens is 260 g/mol. The van der Waals surface area contributed by atoms with Gasteiger partial charge in [-0.3, -0.25) is 0 Å². The van der Waals surface area contributed by atoms with E-state index in [0.717, 1.165) is 11.6 Å². The van der Waals surface area contributed by atoms with E-state index in [1.54, 1.807) is 6.92 Å². The molecule has 0 fully saturated rings. The molecule has 20 heavy (non-hydrogen) atoms. The minimum absolute atomic E-state index is 0.261. The Hall–Kier alpha value is -1.78. The van der Waals surface area contributed by atoms with E-state index in [-0.39, 0.29) is 6.61 Å². The zero-order valence-electron chi connectivity index (χ0n) is 11.2. The molecule has 2 N–H and O–H groups in total. The largest absolute Gasteiger partial charge is 0.394 e. The van der Waals surface area contributed by atoms with Crippen LogP contribution in [0, 0.1) is 11.6 Å². The Balaban J connectivity index is 2.20. The normalized spacial score (nSPS) is 14.0. The van der Waals surface area contributed by atoms with Gasteiger partial charge >= 0.3 is 0 Å². The summed E-state index contributed by atoms with van der Waals surface area (Å²) in [4.78, 5) is 0. The third-order valence-corrected chi connectivity index (χ3v) is 3.34. The first-order valence-corrected chi connectivity index (χ1v) is 6.40. The van der Waals surface area contributed by atoms with Crippen molar-refractivity contribution in [3.05, 3.63) is 71.3 Å². The van der Waals surface area contributed by atoms with Crippen LogP contribution in [0.2, 0.25) is 0 Å². The molecule has 0 aliphatic carbocycles. The maximum Gasteiger partial charge on any atom is 0.126 e. The first-order chi connectivity index (χ1) is 9.53. The maximum atomic E-state index is 13.3. The molecular formula is C16H17F2NO. The number of nitrogens with one attached hydrogen (secondary N) is 1. The lowest BCUT2D eigenvalue weighted by Gasteiger charge is -2.29. The molecule has 2 nitrogen and oxygen atoms in total. The summed E-state index contributed by atoms with van der Waals surface area (Å²) < 4.78 is 26.6. The highest BCUT2D eigenvalue weighted by molar-refractivity contribution is 5.26. The van der Waals surface area contributed by atoms with Crippen molar-refractivity contribution in [3.63, 3.8) is 0 Å². The van der Waals surface area contributed by atoms with Crippen molar-refractivity contribution >= 4 is 0 Å². The Morgan fingerprint density at radius 2 is 1.65 bits per heavy atom. The van der Waals surface area contributed by atoms with Crippen molar-refractivity contribution in [1.82, 2.24) is 5.32 Å². The number of halogens is 2. The quantitative estimate of drug-likeness (QED) is 0.880. The molecule has 0 aromatic heterocycles. The summed E-state index contributed by atoms with van der Waals surface area (Å²) in [7, 11) is 0. The van der Waals surface area contributed by atoms with Gasteiger partial charge in [0.25, 0.3) is 0 Å². The smallest absolute Gasteiger partial charge is 0.126 e. The lowest BCUT2D eigenvalue weighted by Crippen LogP contribution is -2.42. The average molecular weight is 277 g/mol. The van der Waals surface area contributed by atoms with Crippen molar-refractivity contribution in [3.8, 4) is 0 Å². The third kappa shape index (κ3) is 3.40. The fourth-order valence-electron chi connectivity index (χ4n) is 2.01. The van der Waals surface area contributed by atoms with Gasteiger partial charge in [0.15, 0.2) is 0 Å². The van der Waals surface area contributed by atoms with Crippen molar-refractivity contribution in [2.75, 3.05) is 6.61 Å². The lowest BCUT2D eigenvalue weighted by atomic mass is 9.92. The van der Waals surface area contributed by atoms with Crippen molar-refractivity contribution < 1.29 is 13.9 Å². The Kier molecular flexibility index (Phi) is 4.47. The van der Waals surface area contributed by atoms with Crippen LogP contribution >= 0.6 is 0 Å². The number of aliphatic hydroxyl groups excluding tert-OH is 1. The maximum absolute atomic E-state index is 13.3. The molecule has 0 heterocycles. The molecule has 0 amide bonds. The Labute approximate surface area is 117 Å². The van der Waals surface area contributed by atoms with Gasteiger partial charge < -0.3 is 10.4 Å². The van der Waals surface area contributed by atoms with Gasteiger partial charge in [-0.2, -0.15) is 0 Å². The van der Waals surface area contributed by atoms with Crippen LogP contribution in [0.3, 0.4) is 0 Å². The fourth-order valence-corrected chi connectivity index (χ4v) is 2.01. The molecule has 0 spiro atoms. The van der Waals surface area contributed by atoms with Crippen LogP contribution in [0.4, 0.5) is 8.78 Å². The predicted molar refractivity (Wildman–Crippen MR) is 74.1 cm³/mol. The van der Waals surface area contributed by atoms with Crippen LogP contribution in [0.25, 0.3) is 0 Å². The van der Waals surface area contributed by atoms with E-state index in [1.165, 1.54) is 12.1 Å². The van der Waals surface area contributed by atoms with Crippen LogP contribution in [0.5, 0.6) is 0 Å². The van der Waals surface area contributed by atoms with Crippen LogP contribution < -0.4 is 5.32 Å². The molecule has 0 radical (unpaired) electrons. The van der Waals surface area contributed by atoms with Gasteiger partial charge in [-0.25, -0.2) is 8.78 Å². The van der Waals surface area contributed by atoms with Crippen LogP contribution in [0.1, 0.15) is 18.1 Å². The summed E-state index contributed by atoms with van der Waals surface area (Å²) in [5.74, 6) is -1.30. The summed E-state index contributed by atoms with van der Waals surface area (Å²) in [6.45, 7) is 1.95. The van der Waals surface area contributed by atoms with Crippen LogP contribution in [0.15, 0.2) is 48.5 Å². The molecule has 0 saturated carbocycles. The van der Waals surface area contributed by atoms with Gasteiger partial charge in [0.05, 0.1) is 12.1 Å². The van der Waals surface area contributed by atoms with Crippen LogP contribution in [-0.2, 0) is 12.1 Å². The molecule has 2 aromatic carbocycles. The topological polar surface area (TPSA) is 32.3 Å². The van der Waals surface area contributed by atoms with Crippen molar-refractivity contribution in [2.24, 2.45) is 0 Å². The third-order valence-electron chi connectivity index (χ3n) is 3.34. The molecule has 0 bridgehead atoms. The first-order valence-electron chi connectivity index (χ1n) is 6.40. The Bertz CT molecular complexity index is 554. The highest BCUT2D eigenvalue weighted by Crippen LogP contribution is 2.23. The molecule has 1 unspecified atom stereocenters. The van der Waals surface area contributed by atoms with Crippen LogP contribution in [-0.4, -0.2) is 11.7 Å². The highest BCUT2D eigenvalue weighted by Gasteiger charge is 2.26. The zero-order chi connectivity index (χ0) is 14.6. The Morgan fingerprint density at radius 3 is 2.20 bits per heavy atom. The summed E-state index contributed by atoms with van der Waals surface area (Å²) >= 11 is 0. The van der Waals surface area contributed by atoms with E-state index in [2.05, 4.69) is 5.32 Å². The van der Waals surface area contributed by atoms with Gasteiger partial charge in [0.2, 0.25) is 0 Å². The standard InChI is InChI=1S/C16H17F2NO/c1-16(11-20,13-7-14(17)9-15(18)8-13)19-10-12-5-3-2-4-6-12/h2-9,19-20H,10-11H2,1H3. The number of hydrogen-bond acceptors (Lipinski definition) is 2. The highest BCUT2D eigenvalue weighted by atomic mass is 19.1. The monoisotopic (exact) mass is 277 g/mol. The zero-order valence-corrected chi connectivity index (χ0v) is 11.2. The number of hydrogen-bond donors (Lipinski definition) is 2. The van der Waals surface area contributed by atoms with Gasteiger partial charge in [-0.1, -0.05) is 30.3 Å². The van der Waals surface area contributed by atoms with E-state index in [0.29, 0.717) is 12.1 Å². The van der Waals surface area contributed by atoms with E-state index in [4.69, 9.17) is 0 Å². The second-order valence-corrected chi connectivity index (χ2v) is 4.99. The summed E-state index contributed by atoms with van der Waals surface area (Å²) in [5.41, 5.74) is 0.510. The predicted octanol–water partition coefficient (Wildman–Crippen LogP) is 2.96. The number of aliphatic hydroxyl groups is 1. The fraction of sp³-hybridized carbons (Fsp3) is 0.250. The van der Waals surface area contributed by atoms with E-state index >= 15 is 0 Å². The second kappa shape index (κ2) is 6.11. The summed E-state index contributed by atoms with van der Waals surface area (Å²) in [6, 6.07) is 12.9. The molecule has 106 valence electrons. The number of benzene rings is 2. The summed E-state index contributed by atoms with van der Waals surface area (Å²) in [5, 5.41) is 12.7. The molecule has 2 rings (SSSR count).